The molecule has 104 valence electrons. The summed E-state index contributed by atoms with van der Waals surface area (Å²) in [5.74, 6) is -1.37. The Hall–Kier alpha value is -1.75. The van der Waals surface area contributed by atoms with Crippen LogP contribution in [0.5, 0.6) is 0 Å². The molecular formula is C15H12BrF2NO. The van der Waals surface area contributed by atoms with E-state index in [0.29, 0.717) is 17.4 Å². The Bertz CT molecular complexity index is 631. The van der Waals surface area contributed by atoms with Crippen molar-refractivity contribution in [2.75, 3.05) is 6.54 Å². The third-order valence-electron chi connectivity index (χ3n) is 2.76. The average molecular weight is 340 g/mol. The van der Waals surface area contributed by atoms with Gasteiger partial charge in [0.2, 0.25) is 0 Å². The van der Waals surface area contributed by atoms with E-state index < -0.39 is 11.7 Å². The van der Waals surface area contributed by atoms with Gasteiger partial charge in [0, 0.05) is 11.0 Å². The molecule has 0 aliphatic carbocycles. The van der Waals surface area contributed by atoms with Gasteiger partial charge in [-0.05, 0) is 42.3 Å². The summed E-state index contributed by atoms with van der Waals surface area (Å²) < 4.78 is 27.1. The first-order valence-corrected chi connectivity index (χ1v) is 6.83. The van der Waals surface area contributed by atoms with Gasteiger partial charge in [0.1, 0.15) is 11.6 Å². The van der Waals surface area contributed by atoms with Gasteiger partial charge >= 0.3 is 0 Å². The van der Waals surface area contributed by atoms with Crippen LogP contribution in [0, 0.1) is 11.6 Å². The molecule has 0 aromatic heterocycles. The van der Waals surface area contributed by atoms with Crippen LogP contribution < -0.4 is 5.32 Å². The molecule has 1 amide bonds. The maximum absolute atomic E-state index is 13.5. The average Bonchev–Trinajstić information content (AvgIpc) is 2.41. The van der Waals surface area contributed by atoms with E-state index >= 15 is 0 Å². The predicted octanol–water partition coefficient (Wildman–Crippen LogP) is 3.70. The van der Waals surface area contributed by atoms with Crippen LogP contribution in [0.3, 0.4) is 0 Å². The Kier molecular flexibility index (Phi) is 4.84. The Morgan fingerprint density at radius 3 is 2.70 bits per heavy atom. The molecule has 2 aromatic rings. The molecule has 0 saturated carbocycles. The molecule has 0 aliphatic heterocycles. The van der Waals surface area contributed by atoms with Gasteiger partial charge in [-0.1, -0.05) is 28.1 Å². The van der Waals surface area contributed by atoms with Gasteiger partial charge in [0.15, 0.2) is 0 Å². The summed E-state index contributed by atoms with van der Waals surface area (Å²) in [5.41, 5.74) is 0.763. The van der Waals surface area contributed by atoms with E-state index in [2.05, 4.69) is 21.2 Å². The number of benzene rings is 2. The number of halogens is 3. The topological polar surface area (TPSA) is 29.1 Å². The molecule has 2 nitrogen and oxygen atoms in total. The second-order valence-electron chi connectivity index (χ2n) is 4.26. The Balaban J connectivity index is 1.94. The minimum absolute atomic E-state index is 0.0152. The summed E-state index contributed by atoms with van der Waals surface area (Å²) in [6.45, 7) is 0.314. The summed E-state index contributed by atoms with van der Waals surface area (Å²) in [6, 6.07) is 10.3. The standard InChI is InChI=1S/C15H12BrF2NO/c16-11-4-5-14(18)13(9-11)15(20)19-7-6-10-2-1-3-12(17)8-10/h1-5,8-9H,6-7H2,(H,19,20). The number of rotatable bonds is 4. The second-order valence-corrected chi connectivity index (χ2v) is 5.18. The molecule has 0 spiro atoms. The van der Waals surface area contributed by atoms with Gasteiger partial charge in [-0.3, -0.25) is 4.79 Å². The summed E-state index contributed by atoms with van der Waals surface area (Å²) in [5, 5.41) is 2.61. The SMILES string of the molecule is O=C(NCCc1cccc(F)c1)c1cc(Br)ccc1F. The molecular weight excluding hydrogens is 328 g/mol. The van der Waals surface area contributed by atoms with Crippen LogP contribution in [-0.4, -0.2) is 12.5 Å². The fourth-order valence-corrected chi connectivity index (χ4v) is 2.14. The van der Waals surface area contributed by atoms with Crippen LogP contribution >= 0.6 is 15.9 Å². The summed E-state index contributed by atoms with van der Waals surface area (Å²) in [4.78, 5) is 11.8. The lowest BCUT2D eigenvalue weighted by Crippen LogP contribution is -2.26. The Morgan fingerprint density at radius 1 is 1.15 bits per heavy atom. The predicted molar refractivity (Wildman–Crippen MR) is 76.5 cm³/mol. The highest BCUT2D eigenvalue weighted by Crippen LogP contribution is 2.15. The van der Waals surface area contributed by atoms with E-state index in [-0.39, 0.29) is 11.4 Å². The lowest BCUT2D eigenvalue weighted by molar-refractivity contribution is 0.0950. The van der Waals surface area contributed by atoms with Crippen molar-refractivity contribution in [1.29, 1.82) is 0 Å². The fourth-order valence-electron chi connectivity index (χ4n) is 1.78. The minimum Gasteiger partial charge on any atom is -0.352 e. The van der Waals surface area contributed by atoms with Crippen molar-refractivity contribution in [2.24, 2.45) is 0 Å². The second kappa shape index (κ2) is 6.61. The van der Waals surface area contributed by atoms with E-state index in [9.17, 15) is 13.6 Å². The molecule has 0 fully saturated rings. The zero-order valence-corrected chi connectivity index (χ0v) is 12.1. The molecule has 0 aliphatic rings. The van der Waals surface area contributed by atoms with Crippen LogP contribution in [0.4, 0.5) is 8.78 Å². The first kappa shape index (κ1) is 14.7. The normalized spacial score (nSPS) is 10.3. The largest absolute Gasteiger partial charge is 0.352 e. The molecule has 1 N–H and O–H groups in total. The van der Waals surface area contributed by atoms with Crippen molar-refractivity contribution in [3.8, 4) is 0 Å². The molecule has 0 atom stereocenters. The highest BCUT2D eigenvalue weighted by molar-refractivity contribution is 9.10. The number of hydrogen-bond donors (Lipinski definition) is 1. The highest BCUT2D eigenvalue weighted by Gasteiger charge is 2.11. The molecule has 20 heavy (non-hydrogen) atoms. The number of nitrogens with one attached hydrogen (secondary N) is 1. The van der Waals surface area contributed by atoms with E-state index in [4.69, 9.17) is 0 Å². The third-order valence-corrected chi connectivity index (χ3v) is 3.25. The quantitative estimate of drug-likeness (QED) is 0.904. The molecule has 2 rings (SSSR count). The van der Waals surface area contributed by atoms with E-state index in [1.807, 2.05) is 0 Å². The van der Waals surface area contributed by atoms with Crippen LogP contribution in [0.25, 0.3) is 0 Å². The monoisotopic (exact) mass is 339 g/mol. The van der Waals surface area contributed by atoms with Crippen molar-refractivity contribution < 1.29 is 13.6 Å². The smallest absolute Gasteiger partial charge is 0.254 e. The number of hydrogen-bond acceptors (Lipinski definition) is 1. The molecule has 0 heterocycles. The molecule has 0 bridgehead atoms. The number of carbonyl (C=O) groups excluding carboxylic acids is 1. The zero-order valence-electron chi connectivity index (χ0n) is 10.5. The lowest BCUT2D eigenvalue weighted by Gasteiger charge is -2.07. The van der Waals surface area contributed by atoms with E-state index in [1.165, 1.54) is 30.3 Å². The molecule has 5 heteroatoms. The molecule has 2 aromatic carbocycles. The van der Waals surface area contributed by atoms with Crippen LogP contribution in [-0.2, 0) is 6.42 Å². The minimum atomic E-state index is -0.573. The van der Waals surface area contributed by atoms with Gasteiger partial charge in [-0.15, -0.1) is 0 Å². The maximum Gasteiger partial charge on any atom is 0.254 e. The van der Waals surface area contributed by atoms with Crippen molar-refractivity contribution in [3.05, 3.63) is 69.7 Å². The lowest BCUT2D eigenvalue weighted by atomic mass is 10.1. The first-order valence-electron chi connectivity index (χ1n) is 6.04. The van der Waals surface area contributed by atoms with Gasteiger partial charge in [-0.25, -0.2) is 8.78 Å². The summed E-state index contributed by atoms with van der Waals surface area (Å²) >= 11 is 3.19. The van der Waals surface area contributed by atoms with Crippen LogP contribution in [0.1, 0.15) is 15.9 Å². The molecule has 0 radical (unpaired) electrons. The van der Waals surface area contributed by atoms with Gasteiger partial charge in [0.25, 0.3) is 5.91 Å². The molecule has 0 unspecified atom stereocenters. The molecule has 0 saturated heterocycles. The van der Waals surface area contributed by atoms with Crippen molar-refractivity contribution in [3.63, 3.8) is 0 Å². The number of amides is 1. The van der Waals surface area contributed by atoms with E-state index in [0.717, 1.165) is 5.56 Å². The fraction of sp³-hybridized carbons (Fsp3) is 0.133. The van der Waals surface area contributed by atoms with Crippen LogP contribution in [0.15, 0.2) is 46.9 Å². The van der Waals surface area contributed by atoms with Gasteiger partial charge < -0.3 is 5.32 Å². The first-order chi connectivity index (χ1) is 9.56. The van der Waals surface area contributed by atoms with E-state index in [1.54, 1.807) is 12.1 Å². The Morgan fingerprint density at radius 2 is 1.95 bits per heavy atom. The van der Waals surface area contributed by atoms with Crippen molar-refractivity contribution >= 4 is 21.8 Å². The van der Waals surface area contributed by atoms with Crippen LogP contribution in [0.2, 0.25) is 0 Å². The van der Waals surface area contributed by atoms with Gasteiger partial charge in [-0.2, -0.15) is 0 Å². The van der Waals surface area contributed by atoms with Crippen molar-refractivity contribution in [2.45, 2.75) is 6.42 Å². The van der Waals surface area contributed by atoms with Crippen molar-refractivity contribution in [1.82, 2.24) is 5.32 Å². The number of carbonyl (C=O) groups is 1. The Labute approximate surface area is 123 Å². The third kappa shape index (κ3) is 3.87. The highest BCUT2D eigenvalue weighted by atomic mass is 79.9. The summed E-state index contributed by atoms with van der Waals surface area (Å²) in [6.07, 6.45) is 0.485. The zero-order chi connectivity index (χ0) is 14.5. The summed E-state index contributed by atoms with van der Waals surface area (Å²) in [7, 11) is 0. The maximum atomic E-state index is 13.5. The van der Waals surface area contributed by atoms with Gasteiger partial charge in [0.05, 0.1) is 5.56 Å².